The second-order valence-corrected chi connectivity index (χ2v) is 4.70. The Morgan fingerprint density at radius 3 is 3.21 bits per heavy atom. The van der Waals surface area contributed by atoms with Crippen molar-refractivity contribution in [3.8, 4) is 0 Å². The van der Waals surface area contributed by atoms with E-state index in [-0.39, 0.29) is 6.04 Å². The maximum absolute atomic E-state index is 5.79. The van der Waals surface area contributed by atoms with Crippen LogP contribution in [0.3, 0.4) is 0 Å². The summed E-state index contributed by atoms with van der Waals surface area (Å²) in [6.45, 7) is 5.90. The number of nitrogens with two attached hydrogens (primary N) is 1. The van der Waals surface area contributed by atoms with Crippen LogP contribution < -0.4 is 16.0 Å². The number of morpholine rings is 1. The van der Waals surface area contributed by atoms with Gasteiger partial charge in [-0.05, 0) is 6.42 Å². The zero-order chi connectivity index (χ0) is 13.5. The molecule has 6 heteroatoms. The zero-order valence-electron chi connectivity index (χ0n) is 11.5. The number of ether oxygens (including phenoxy) is 1. The van der Waals surface area contributed by atoms with Crippen molar-refractivity contribution in [2.45, 2.75) is 25.8 Å². The first kappa shape index (κ1) is 14.0. The van der Waals surface area contributed by atoms with Gasteiger partial charge in [-0.15, -0.1) is 0 Å². The van der Waals surface area contributed by atoms with Crippen LogP contribution in [0.15, 0.2) is 12.4 Å². The van der Waals surface area contributed by atoms with Gasteiger partial charge in [0.2, 0.25) is 0 Å². The number of hydrogen-bond donors (Lipinski definition) is 2. The summed E-state index contributed by atoms with van der Waals surface area (Å²) in [5.74, 6) is 1.80. The Bertz CT molecular complexity index is 387. The van der Waals surface area contributed by atoms with E-state index in [0.29, 0.717) is 13.2 Å². The minimum atomic E-state index is 0.201. The number of hydrogen-bond acceptors (Lipinski definition) is 6. The van der Waals surface area contributed by atoms with Gasteiger partial charge < -0.3 is 20.7 Å². The third kappa shape index (κ3) is 3.78. The van der Waals surface area contributed by atoms with E-state index >= 15 is 0 Å². The Morgan fingerprint density at radius 2 is 2.42 bits per heavy atom. The third-order valence-corrected chi connectivity index (χ3v) is 3.28. The lowest BCUT2D eigenvalue weighted by Crippen LogP contribution is -2.49. The molecule has 0 bridgehead atoms. The van der Waals surface area contributed by atoms with Gasteiger partial charge in [-0.25, -0.2) is 9.97 Å². The van der Waals surface area contributed by atoms with Gasteiger partial charge in [0.25, 0.3) is 0 Å². The van der Waals surface area contributed by atoms with Gasteiger partial charge in [-0.3, -0.25) is 0 Å². The first-order chi connectivity index (χ1) is 9.35. The molecule has 1 aromatic heterocycles. The molecule has 0 radical (unpaired) electrons. The van der Waals surface area contributed by atoms with Crippen molar-refractivity contribution in [3.05, 3.63) is 12.4 Å². The monoisotopic (exact) mass is 265 g/mol. The number of anilines is 2. The molecule has 0 aliphatic carbocycles. The first-order valence-electron chi connectivity index (χ1n) is 6.95. The van der Waals surface area contributed by atoms with Crippen LogP contribution in [0.2, 0.25) is 0 Å². The van der Waals surface area contributed by atoms with E-state index in [9.17, 15) is 0 Å². The normalized spacial score (nSPS) is 19.5. The third-order valence-electron chi connectivity index (χ3n) is 3.28. The number of nitrogens with one attached hydrogen (secondary N) is 1. The Hall–Kier alpha value is -1.40. The highest BCUT2D eigenvalue weighted by Crippen LogP contribution is 2.18. The van der Waals surface area contributed by atoms with Crippen LogP contribution in [0.1, 0.15) is 19.8 Å². The molecule has 1 fully saturated rings. The highest BCUT2D eigenvalue weighted by Gasteiger charge is 2.23. The number of nitrogens with zero attached hydrogens (tertiary/aromatic N) is 3. The van der Waals surface area contributed by atoms with Crippen molar-refractivity contribution in [3.63, 3.8) is 0 Å². The van der Waals surface area contributed by atoms with Crippen molar-refractivity contribution in [1.82, 2.24) is 9.97 Å². The summed E-state index contributed by atoms with van der Waals surface area (Å²) >= 11 is 0. The second-order valence-electron chi connectivity index (χ2n) is 4.70. The highest BCUT2D eigenvalue weighted by atomic mass is 16.5. The average molecular weight is 265 g/mol. The average Bonchev–Trinajstić information content (AvgIpc) is 2.48. The minimum Gasteiger partial charge on any atom is -0.377 e. The molecule has 0 amide bonds. The largest absolute Gasteiger partial charge is 0.377 e. The van der Waals surface area contributed by atoms with Gasteiger partial charge in [0.05, 0.1) is 19.3 Å². The first-order valence-corrected chi connectivity index (χ1v) is 6.95. The molecular weight excluding hydrogens is 242 g/mol. The lowest BCUT2D eigenvalue weighted by atomic mass is 10.2. The highest BCUT2D eigenvalue weighted by molar-refractivity contribution is 5.49. The van der Waals surface area contributed by atoms with Crippen molar-refractivity contribution < 1.29 is 4.74 Å². The van der Waals surface area contributed by atoms with Gasteiger partial charge in [-0.1, -0.05) is 13.3 Å². The molecule has 1 saturated heterocycles. The molecule has 2 heterocycles. The molecule has 6 nitrogen and oxygen atoms in total. The summed E-state index contributed by atoms with van der Waals surface area (Å²) < 4.78 is 5.45. The molecule has 1 unspecified atom stereocenters. The van der Waals surface area contributed by atoms with Crippen LogP contribution in [0.5, 0.6) is 0 Å². The number of rotatable bonds is 6. The Balaban J connectivity index is 2.04. The molecule has 106 valence electrons. The molecular formula is C13H23N5O. The minimum absolute atomic E-state index is 0.201. The fourth-order valence-electron chi connectivity index (χ4n) is 2.15. The van der Waals surface area contributed by atoms with Crippen molar-refractivity contribution in [1.29, 1.82) is 0 Å². The summed E-state index contributed by atoms with van der Waals surface area (Å²) in [5, 5.41) is 3.32. The maximum Gasteiger partial charge on any atom is 0.134 e. The summed E-state index contributed by atoms with van der Waals surface area (Å²) in [4.78, 5) is 10.8. The molecule has 0 spiro atoms. The molecule has 2 rings (SSSR count). The molecule has 1 atom stereocenters. The second kappa shape index (κ2) is 7.25. The molecule has 0 aromatic carbocycles. The zero-order valence-corrected chi connectivity index (χ0v) is 11.5. The van der Waals surface area contributed by atoms with Crippen molar-refractivity contribution in [2.24, 2.45) is 5.73 Å². The molecule has 19 heavy (non-hydrogen) atoms. The van der Waals surface area contributed by atoms with Gasteiger partial charge >= 0.3 is 0 Å². The standard InChI is InChI=1S/C13H23N5O/c1-2-3-4-15-12-7-13(17-10-16-12)18-5-6-19-9-11(18)8-14/h7,10-11H,2-6,8-9,14H2,1H3,(H,15,16,17). The van der Waals surface area contributed by atoms with Crippen LogP contribution in [0, 0.1) is 0 Å². The molecule has 0 saturated carbocycles. The molecule has 1 aliphatic heterocycles. The molecule has 1 aromatic rings. The summed E-state index contributed by atoms with van der Waals surface area (Å²) in [6, 6.07) is 2.19. The lowest BCUT2D eigenvalue weighted by molar-refractivity contribution is 0.0958. The van der Waals surface area contributed by atoms with Gasteiger partial charge in [0.15, 0.2) is 0 Å². The Kier molecular flexibility index (Phi) is 5.35. The van der Waals surface area contributed by atoms with Crippen LogP contribution in [0.25, 0.3) is 0 Å². The van der Waals surface area contributed by atoms with E-state index in [1.807, 2.05) is 6.07 Å². The summed E-state index contributed by atoms with van der Waals surface area (Å²) in [6.07, 6.45) is 3.92. The van der Waals surface area contributed by atoms with E-state index in [1.54, 1.807) is 6.33 Å². The lowest BCUT2D eigenvalue weighted by Gasteiger charge is -2.35. The Labute approximate surface area is 114 Å². The molecule has 3 N–H and O–H groups in total. The van der Waals surface area contributed by atoms with Crippen LogP contribution in [-0.2, 0) is 4.74 Å². The number of aromatic nitrogens is 2. The SMILES string of the molecule is CCCCNc1cc(N2CCOCC2CN)ncn1. The maximum atomic E-state index is 5.79. The van der Waals surface area contributed by atoms with E-state index in [0.717, 1.165) is 37.8 Å². The van der Waals surface area contributed by atoms with Gasteiger partial charge in [0.1, 0.15) is 18.0 Å². The summed E-state index contributed by atoms with van der Waals surface area (Å²) in [7, 11) is 0. The topological polar surface area (TPSA) is 76.3 Å². The van der Waals surface area contributed by atoms with Gasteiger partial charge in [-0.2, -0.15) is 0 Å². The smallest absolute Gasteiger partial charge is 0.134 e. The quantitative estimate of drug-likeness (QED) is 0.743. The van der Waals surface area contributed by atoms with Crippen LogP contribution >= 0.6 is 0 Å². The van der Waals surface area contributed by atoms with E-state index in [1.165, 1.54) is 6.42 Å². The van der Waals surface area contributed by atoms with Crippen molar-refractivity contribution in [2.75, 3.05) is 43.1 Å². The molecule has 1 aliphatic rings. The van der Waals surface area contributed by atoms with E-state index in [4.69, 9.17) is 10.5 Å². The van der Waals surface area contributed by atoms with Gasteiger partial charge in [0, 0.05) is 25.7 Å². The summed E-state index contributed by atoms with van der Waals surface area (Å²) in [5.41, 5.74) is 5.79. The van der Waals surface area contributed by atoms with Crippen molar-refractivity contribution >= 4 is 11.6 Å². The predicted molar refractivity (Wildman–Crippen MR) is 76.4 cm³/mol. The van der Waals surface area contributed by atoms with E-state index < -0.39 is 0 Å². The van der Waals surface area contributed by atoms with Crippen LogP contribution in [0.4, 0.5) is 11.6 Å². The Morgan fingerprint density at radius 1 is 1.53 bits per heavy atom. The number of unbranched alkanes of at least 4 members (excludes halogenated alkanes) is 1. The predicted octanol–water partition coefficient (Wildman–Crippen LogP) is 0.853. The fraction of sp³-hybridized carbons (Fsp3) is 0.692. The fourth-order valence-corrected chi connectivity index (χ4v) is 2.15. The van der Waals surface area contributed by atoms with Crippen LogP contribution in [-0.4, -0.2) is 48.9 Å². The van der Waals surface area contributed by atoms with E-state index in [2.05, 4.69) is 27.1 Å².